The van der Waals surface area contributed by atoms with Crippen molar-refractivity contribution in [2.45, 2.75) is 53.0 Å². The van der Waals surface area contributed by atoms with E-state index in [4.69, 9.17) is 5.73 Å². The maximum Gasteiger partial charge on any atom is 0.240 e. The summed E-state index contributed by atoms with van der Waals surface area (Å²) in [5.41, 5.74) is 5.24. The van der Waals surface area contributed by atoms with Crippen molar-refractivity contribution < 1.29 is 9.59 Å². The average molecular weight is 228 g/mol. The van der Waals surface area contributed by atoms with Crippen molar-refractivity contribution in [3.63, 3.8) is 0 Å². The predicted molar refractivity (Wildman–Crippen MR) is 64.7 cm³/mol. The monoisotopic (exact) mass is 228 g/mol. The third-order valence-corrected chi connectivity index (χ3v) is 2.33. The fourth-order valence-electron chi connectivity index (χ4n) is 1.40. The van der Waals surface area contributed by atoms with Crippen LogP contribution in [0.3, 0.4) is 0 Å². The van der Waals surface area contributed by atoms with E-state index in [9.17, 15) is 9.59 Å². The second-order valence-electron chi connectivity index (χ2n) is 5.08. The molecular weight excluding hydrogens is 204 g/mol. The van der Waals surface area contributed by atoms with E-state index >= 15 is 0 Å². The molecule has 4 heteroatoms. The van der Waals surface area contributed by atoms with Gasteiger partial charge in [0.25, 0.3) is 0 Å². The highest BCUT2D eigenvalue weighted by molar-refractivity contribution is 5.86. The largest absolute Gasteiger partial charge is 0.368 e. The molecule has 0 aliphatic rings. The lowest BCUT2D eigenvalue weighted by molar-refractivity contribution is -0.127. The van der Waals surface area contributed by atoms with Crippen LogP contribution >= 0.6 is 0 Å². The van der Waals surface area contributed by atoms with Crippen molar-refractivity contribution >= 4 is 11.8 Å². The Labute approximate surface area is 98.0 Å². The van der Waals surface area contributed by atoms with Crippen molar-refractivity contribution in [1.29, 1.82) is 0 Å². The van der Waals surface area contributed by atoms with Gasteiger partial charge in [-0.15, -0.1) is 0 Å². The minimum Gasteiger partial charge on any atom is -0.368 e. The molecule has 4 nitrogen and oxygen atoms in total. The number of amides is 2. The number of nitrogens with one attached hydrogen (secondary N) is 1. The standard InChI is InChI=1S/C12H24N2O2/c1-8(2)5-6-11(15)14-10(12(13)16)7-9(3)4/h8-10H,5-7H2,1-4H3,(H2,13,16)(H,14,15). The molecule has 0 saturated heterocycles. The molecule has 0 radical (unpaired) electrons. The second-order valence-corrected chi connectivity index (χ2v) is 5.08. The summed E-state index contributed by atoms with van der Waals surface area (Å²) >= 11 is 0. The Balaban J connectivity index is 4.08. The molecule has 0 aromatic heterocycles. The van der Waals surface area contributed by atoms with Crippen molar-refractivity contribution in [3.8, 4) is 0 Å². The smallest absolute Gasteiger partial charge is 0.240 e. The van der Waals surface area contributed by atoms with E-state index in [0.717, 1.165) is 6.42 Å². The van der Waals surface area contributed by atoms with Crippen LogP contribution < -0.4 is 11.1 Å². The molecule has 0 aromatic carbocycles. The zero-order valence-electron chi connectivity index (χ0n) is 10.7. The number of carbonyl (C=O) groups is 2. The van der Waals surface area contributed by atoms with Crippen LogP contribution in [0.25, 0.3) is 0 Å². The average Bonchev–Trinajstić information content (AvgIpc) is 2.12. The normalized spacial score (nSPS) is 12.9. The van der Waals surface area contributed by atoms with Crippen LogP contribution in [0.5, 0.6) is 0 Å². The Hall–Kier alpha value is -1.06. The van der Waals surface area contributed by atoms with Gasteiger partial charge in [-0.1, -0.05) is 27.7 Å². The first-order chi connectivity index (χ1) is 7.32. The molecule has 0 rings (SSSR count). The molecule has 94 valence electrons. The van der Waals surface area contributed by atoms with E-state index in [1.165, 1.54) is 0 Å². The fraction of sp³-hybridized carbons (Fsp3) is 0.833. The van der Waals surface area contributed by atoms with Gasteiger partial charge in [-0.25, -0.2) is 0 Å². The first-order valence-corrected chi connectivity index (χ1v) is 5.91. The molecule has 2 amide bonds. The predicted octanol–water partition coefficient (Wildman–Crippen LogP) is 1.44. The van der Waals surface area contributed by atoms with Crippen LogP contribution in [-0.4, -0.2) is 17.9 Å². The Morgan fingerprint density at radius 2 is 1.69 bits per heavy atom. The molecule has 0 aliphatic carbocycles. The Morgan fingerprint density at radius 1 is 1.12 bits per heavy atom. The lowest BCUT2D eigenvalue weighted by Gasteiger charge is -2.17. The fourth-order valence-corrected chi connectivity index (χ4v) is 1.40. The van der Waals surface area contributed by atoms with Gasteiger partial charge in [0.2, 0.25) is 11.8 Å². The number of hydrogen-bond donors (Lipinski definition) is 2. The van der Waals surface area contributed by atoms with E-state index in [0.29, 0.717) is 24.7 Å². The van der Waals surface area contributed by atoms with Gasteiger partial charge in [-0.3, -0.25) is 9.59 Å². The first kappa shape index (κ1) is 14.9. The number of hydrogen-bond acceptors (Lipinski definition) is 2. The molecule has 0 saturated carbocycles. The molecule has 0 spiro atoms. The van der Waals surface area contributed by atoms with Crippen LogP contribution in [0.15, 0.2) is 0 Å². The highest BCUT2D eigenvalue weighted by Crippen LogP contribution is 2.06. The summed E-state index contributed by atoms with van der Waals surface area (Å²) in [5, 5.41) is 2.69. The topological polar surface area (TPSA) is 72.2 Å². The van der Waals surface area contributed by atoms with Crippen LogP contribution in [0.4, 0.5) is 0 Å². The molecule has 0 aromatic rings. The lowest BCUT2D eigenvalue weighted by atomic mass is 10.0. The van der Waals surface area contributed by atoms with Crippen molar-refractivity contribution in [3.05, 3.63) is 0 Å². The molecule has 0 aliphatic heterocycles. The Bertz CT molecular complexity index is 237. The highest BCUT2D eigenvalue weighted by Gasteiger charge is 2.18. The molecule has 1 unspecified atom stereocenters. The van der Waals surface area contributed by atoms with Crippen molar-refractivity contribution in [2.24, 2.45) is 17.6 Å². The quantitative estimate of drug-likeness (QED) is 0.692. The van der Waals surface area contributed by atoms with Gasteiger partial charge in [0, 0.05) is 6.42 Å². The van der Waals surface area contributed by atoms with E-state index in [-0.39, 0.29) is 5.91 Å². The van der Waals surface area contributed by atoms with Gasteiger partial charge in [-0.2, -0.15) is 0 Å². The zero-order chi connectivity index (χ0) is 12.7. The number of carbonyl (C=O) groups excluding carboxylic acids is 2. The van der Waals surface area contributed by atoms with Gasteiger partial charge >= 0.3 is 0 Å². The zero-order valence-corrected chi connectivity index (χ0v) is 10.7. The van der Waals surface area contributed by atoms with Crippen LogP contribution in [-0.2, 0) is 9.59 Å². The minimum atomic E-state index is -0.528. The number of primary amides is 1. The van der Waals surface area contributed by atoms with E-state index in [1.807, 2.05) is 13.8 Å². The third kappa shape index (κ3) is 7.26. The molecule has 0 bridgehead atoms. The molecule has 0 fully saturated rings. The minimum absolute atomic E-state index is 0.0850. The first-order valence-electron chi connectivity index (χ1n) is 5.91. The summed E-state index contributed by atoms with van der Waals surface area (Å²) in [5.74, 6) is 0.288. The number of rotatable bonds is 7. The lowest BCUT2D eigenvalue weighted by Crippen LogP contribution is -2.45. The van der Waals surface area contributed by atoms with Gasteiger partial charge in [-0.05, 0) is 24.7 Å². The van der Waals surface area contributed by atoms with Gasteiger partial charge in [0.05, 0.1) is 0 Å². The Kier molecular flexibility index (Phi) is 6.77. The van der Waals surface area contributed by atoms with E-state index < -0.39 is 11.9 Å². The molecular formula is C12H24N2O2. The molecule has 0 heterocycles. The van der Waals surface area contributed by atoms with Crippen LogP contribution in [0, 0.1) is 11.8 Å². The molecule has 1 atom stereocenters. The number of nitrogens with two attached hydrogens (primary N) is 1. The summed E-state index contributed by atoms with van der Waals surface area (Å²) < 4.78 is 0. The van der Waals surface area contributed by atoms with Crippen LogP contribution in [0.2, 0.25) is 0 Å². The second kappa shape index (κ2) is 7.25. The molecule has 16 heavy (non-hydrogen) atoms. The van der Waals surface area contributed by atoms with E-state index in [1.54, 1.807) is 0 Å². The van der Waals surface area contributed by atoms with Gasteiger partial charge in [0.1, 0.15) is 6.04 Å². The maximum absolute atomic E-state index is 11.5. The van der Waals surface area contributed by atoms with E-state index in [2.05, 4.69) is 19.2 Å². The van der Waals surface area contributed by atoms with Gasteiger partial charge in [0.15, 0.2) is 0 Å². The highest BCUT2D eigenvalue weighted by atomic mass is 16.2. The summed E-state index contributed by atoms with van der Waals surface area (Å²) in [6.07, 6.45) is 1.89. The van der Waals surface area contributed by atoms with Crippen molar-refractivity contribution in [2.75, 3.05) is 0 Å². The summed E-state index contributed by atoms with van der Waals surface area (Å²) in [6.45, 7) is 8.12. The summed E-state index contributed by atoms with van der Waals surface area (Å²) in [4.78, 5) is 22.6. The summed E-state index contributed by atoms with van der Waals surface area (Å²) in [7, 11) is 0. The summed E-state index contributed by atoms with van der Waals surface area (Å²) in [6, 6.07) is -0.528. The Morgan fingerprint density at radius 3 is 2.06 bits per heavy atom. The SMILES string of the molecule is CC(C)CCC(=O)NC(CC(C)C)C(N)=O. The van der Waals surface area contributed by atoms with Gasteiger partial charge < -0.3 is 11.1 Å². The molecule has 3 N–H and O–H groups in total. The van der Waals surface area contributed by atoms with Crippen molar-refractivity contribution in [1.82, 2.24) is 5.32 Å². The third-order valence-electron chi connectivity index (χ3n) is 2.33. The maximum atomic E-state index is 11.5. The van der Waals surface area contributed by atoms with Crippen LogP contribution in [0.1, 0.15) is 47.0 Å².